The van der Waals surface area contributed by atoms with Crippen molar-refractivity contribution in [2.45, 2.75) is 51.0 Å². The zero-order valence-electron chi connectivity index (χ0n) is 11.9. The average molecular weight is 317 g/mol. The predicted molar refractivity (Wildman–Crippen MR) is 83.8 cm³/mol. The monoisotopic (exact) mass is 316 g/mol. The first-order valence-electron chi connectivity index (χ1n) is 7.32. The summed E-state index contributed by atoms with van der Waals surface area (Å²) in [5.74, 6) is 1.13. The lowest BCUT2D eigenvalue weighted by Gasteiger charge is -2.20. The maximum Gasteiger partial charge on any atom is 0.138 e. The van der Waals surface area contributed by atoms with Crippen molar-refractivity contribution in [3.05, 3.63) is 27.7 Å². The highest BCUT2D eigenvalue weighted by molar-refractivity contribution is 6.34. The Bertz CT molecular complexity index is 440. The summed E-state index contributed by atoms with van der Waals surface area (Å²) in [5, 5.41) is 11.5. The highest BCUT2D eigenvalue weighted by atomic mass is 35.5. The third-order valence-electron chi connectivity index (χ3n) is 4.16. The molecule has 0 amide bonds. The molecule has 2 rings (SSSR count). The lowest BCUT2D eigenvalue weighted by atomic mass is 9.91. The standard InChI is InChI=1S/C16H22Cl2O2/c1-20-16-10-13(17)12(9-14(16)18)15(19)8-11-6-4-2-3-5-7-11/h9-11,15,19H,2-8H2,1H3. The molecular weight excluding hydrogens is 295 g/mol. The Labute approximate surface area is 131 Å². The zero-order chi connectivity index (χ0) is 14.5. The van der Waals surface area contributed by atoms with Crippen molar-refractivity contribution >= 4 is 23.2 Å². The molecule has 1 N–H and O–H groups in total. The van der Waals surface area contributed by atoms with Crippen molar-refractivity contribution in [3.8, 4) is 5.75 Å². The average Bonchev–Trinajstić information content (AvgIpc) is 2.69. The Morgan fingerprint density at radius 3 is 2.40 bits per heavy atom. The molecule has 1 unspecified atom stereocenters. The second kappa shape index (κ2) is 7.53. The van der Waals surface area contributed by atoms with Crippen LogP contribution in [0.4, 0.5) is 0 Å². The van der Waals surface area contributed by atoms with Gasteiger partial charge >= 0.3 is 0 Å². The van der Waals surface area contributed by atoms with E-state index < -0.39 is 6.10 Å². The summed E-state index contributed by atoms with van der Waals surface area (Å²) in [5.41, 5.74) is 0.710. The lowest BCUT2D eigenvalue weighted by Crippen LogP contribution is -2.07. The molecule has 20 heavy (non-hydrogen) atoms. The molecule has 1 aliphatic rings. The third kappa shape index (κ3) is 4.03. The molecular formula is C16H22Cl2O2. The van der Waals surface area contributed by atoms with E-state index >= 15 is 0 Å². The van der Waals surface area contributed by atoms with Gasteiger partial charge in [0, 0.05) is 11.6 Å². The molecule has 0 aromatic heterocycles. The molecule has 0 spiro atoms. The Hall–Kier alpha value is -0.440. The van der Waals surface area contributed by atoms with Crippen LogP contribution >= 0.6 is 23.2 Å². The number of rotatable bonds is 4. The van der Waals surface area contributed by atoms with Crippen LogP contribution in [0.2, 0.25) is 10.0 Å². The minimum absolute atomic E-state index is 0.492. The van der Waals surface area contributed by atoms with Gasteiger partial charge in [-0.3, -0.25) is 0 Å². The van der Waals surface area contributed by atoms with Crippen LogP contribution in [-0.2, 0) is 0 Å². The molecule has 1 atom stereocenters. The molecule has 0 radical (unpaired) electrons. The van der Waals surface area contributed by atoms with Crippen LogP contribution in [0.5, 0.6) is 5.75 Å². The normalized spacial score (nSPS) is 18.6. The van der Waals surface area contributed by atoms with Crippen LogP contribution in [0.25, 0.3) is 0 Å². The van der Waals surface area contributed by atoms with E-state index in [1.807, 2.05) is 0 Å². The second-order valence-corrected chi connectivity index (χ2v) is 6.43. The first kappa shape index (κ1) is 15.9. The molecule has 1 fully saturated rings. The molecule has 4 heteroatoms. The Balaban J connectivity index is 2.08. The first-order valence-corrected chi connectivity index (χ1v) is 8.08. The Kier molecular flexibility index (Phi) is 6.01. The molecule has 1 saturated carbocycles. The molecule has 1 aliphatic carbocycles. The van der Waals surface area contributed by atoms with Crippen LogP contribution in [-0.4, -0.2) is 12.2 Å². The minimum Gasteiger partial charge on any atom is -0.495 e. The van der Waals surface area contributed by atoms with Gasteiger partial charge in [-0.25, -0.2) is 0 Å². The SMILES string of the molecule is COc1cc(Cl)c(C(O)CC2CCCCCC2)cc1Cl. The van der Waals surface area contributed by atoms with Crippen molar-refractivity contribution in [2.24, 2.45) is 5.92 Å². The molecule has 0 aliphatic heterocycles. The predicted octanol–water partition coefficient (Wildman–Crippen LogP) is 5.40. The van der Waals surface area contributed by atoms with Gasteiger partial charge in [0.25, 0.3) is 0 Å². The fraction of sp³-hybridized carbons (Fsp3) is 0.625. The molecule has 0 heterocycles. The van der Waals surface area contributed by atoms with E-state index in [1.165, 1.54) is 38.5 Å². The molecule has 1 aromatic carbocycles. The van der Waals surface area contributed by atoms with Crippen LogP contribution < -0.4 is 4.74 Å². The van der Waals surface area contributed by atoms with Gasteiger partial charge in [0.05, 0.1) is 23.3 Å². The van der Waals surface area contributed by atoms with Crippen molar-refractivity contribution in [1.82, 2.24) is 0 Å². The molecule has 112 valence electrons. The number of halogens is 2. The molecule has 2 nitrogen and oxygen atoms in total. The minimum atomic E-state index is -0.547. The van der Waals surface area contributed by atoms with Gasteiger partial charge in [0.2, 0.25) is 0 Å². The third-order valence-corrected chi connectivity index (χ3v) is 4.78. The Morgan fingerprint density at radius 2 is 1.80 bits per heavy atom. The fourth-order valence-electron chi connectivity index (χ4n) is 3.00. The quantitative estimate of drug-likeness (QED) is 0.754. The number of hydrogen-bond donors (Lipinski definition) is 1. The topological polar surface area (TPSA) is 29.5 Å². The highest BCUT2D eigenvalue weighted by Crippen LogP contribution is 2.37. The van der Waals surface area contributed by atoms with Crippen LogP contribution in [0.15, 0.2) is 12.1 Å². The van der Waals surface area contributed by atoms with Crippen molar-refractivity contribution in [2.75, 3.05) is 7.11 Å². The number of aliphatic hydroxyl groups excluding tert-OH is 1. The van der Waals surface area contributed by atoms with E-state index in [2.05, 4.69) is 0 Å². The first-order chi connectivity index (χ1) is 9.61. The fourth-order valence-corrected chi connectivity index (χ4v) is 3.53. The van der Waals surface area contributed by atoms with Crippen molar-refractivity contribution in [3.63, 3.8) is 0 Å². The molecule has 0 saturated heterocycles. The number of ether oxygens (including phenoxy) is 1. The van der Waals surface area contributed by atoms with E-state index in [9.17, 15) is 5.11 Å². The lowest BCUT2D eigenvalue weighted by molar-refractivity contribution is 0.139. The summed E-state index contributed by atoms with van der Waals surface area (Å²) in [6.45, 7) is 0. The summed E-state index contributed by atoms with van der Waals surface area (Å²) in [7, 11) is 1.55. The van der Waals surface area contributed by atoms with Crippen molar-refractivity contribution < 1.29 is 9.84 Å². The summed E-state index contributed by atoms with van der Waals surface area (Å²) in [6.07, 6.45) is 7.82. The summed E-state index contributed by atoms with van der Waals surface area (Å²) in [6, 6.07) is 3.40. The smallest absolute Gasteiger partial charge is 0.138 e. The van der Waals surface area contributed by atoms with E-state index in [4.69, 9.17) is 27.9 Å². The second-order valence-electron chi connectivity index (χ2n) is 5.62. The van der Waals surface area contributed by atoms with Gasteiger partial charge in [0.15, 0.2) is 0 Å². The van der Waals surface area contributed by atoms with Crippen molar-refractivity contribution in [1.29, 1.82) is 0 Å². The van der Waals surface area contributed by atoms with Crippen LogP contribution in [0.3, 0.4) is 0 Å². The van der Waals surface area contributed by atoms with Gasteiger partial charge < -0.3 is 9.84 Å². The Morgan fingerprint density at radius 1 is 1.15 bits per heavy atom. The van der Waals surface area contributed by atoms with Crippen LogP contribution in [0, 0.1) is 5.92 Å². The largest absolute Gasteiger partial charge is 0.495 e. The maximum absolute atomic E-state index is 10.4. The summed E-state index contributed by atoms with van der Waals surface area (Å²) in [4.78, 5) is 0. The number of aliphatic hydroxyl groups is 1. The van der Waals surface area contributed by atoms with Gasteiger partial charge in [-0.05, 0) is 18.4 Å². The highest BCUT2D eigenvalue weighted by Gasteiger charge is 2.20. The van der Waals surface area contributed by atoms with E-state index in [-0.39, 0.29) is 0 Å². The molecule has 0 bridgehead atoms. The molecule has 1 aromatic rings. The van der Waals surface area contributed by atoms with E-state index in [1.54, 1.807) is 19.2 Å². The maximum atomic E-state index is 10.4. The summed E-state index contributed by atoms with van der Waals surface area (Å²) >= 11 is 12.3. The number of hydrogen-bond acceptors (Lipinski definition) is 2. The van der Waals surface area contributed by atoms with Gasteiger partial charge in [-0.1, -0.05) is 61.7 Å². The van der Waals surface area contributed by atoms with Crippen LogP contribution in [0.1, 0.15) is 56.6 Å². The number of benzene rings is 1. The summed E-state index contributed by atoms with van der Waals surface area (Å²) < 4.78 is 5.13. The van der Waals surface area contributed by atoms with E-state index in [0.29, 0.717) is 27.3 Å². The zero-order valence-corrected chi connectivity index (χ0v) is 13.4. The van der Waals surface area contributed by atoms with Gasteiger partial charge in [0.1, 0.15) is 5.75 Å². The van der Waals surface area contributed by atoms with Gasteiger partial charge in [-0.2, -0.15) is 0 Å². The van der Waals surface area contributed by atoms with E-state index in [0.717, 1.165) is 6.42 Å². The van der Waals surface area contributed by atoms with Gasteiger partial charge in [-0.15, -0.1) is 0 Å². The number of methoxy groups -OCH3 is 1.